The maximum Gasteiger partial charge on any atom is 0.217 e. The smallest absolute Gasteiger partial charge is 0.217 e. The van der Waals surface area contributed by atoms with Gasteiger partial charge < -0.3 is 15.2 Å². The van der Waals surface area contributed by atoms with Gasteiger partial charge in [0, 0.05) is 13.5 Å². The summed E-state index contributed by atoms with van der Waals surface area (Å²) in [5.74, 6) is 0.695. The first kappa shape index (κ1) is 13.3. The summed E-state index contributed by atoms with van der Waals surface area (Å²) in [4.78, 5) is 10.6. The maximum absolute atomic E-state index is 10.6. The van der Waals surface area contributed by atoms with Crippen molar-refractivity contribution in [3.05, 3.63) is 35.9 Å². The van der Waals surface area contributed by atoms with E-state index in [0.29, 0.717) is 13.2 Å². The maximum atomic E-state index is 10.6. The van der Waals surface area contributed by atoms with Crippen LogP contribution in [0.1, 0.15) is 12.5 Å². The minimum absolute atomic E-state index is 0.0123. The molecular weight excluding hydrogens is 218 g/mol. The molecular formula is C13H17NO3. The van der Waals surface area contributed by atoms with Crippen molar-refractivity contribution in [2.24, 2.45) is 0 Å². The van der Waals surface area contributed by atoms with Gasteiger partial charge in [-0.2, -0.15) is 0 Å². The topological polar surface area (TPSA) is 58.6 Å². The summed E-state index contributed by atoms with van der Waals surface area (Å²) < 4.78 is 5.24. The zero-order chi connectivity index (χ0) is 12.5. The van der Waals surface area contributed by atoms with E-state index in [1.807, 2.05) is 36.4 Å². The number of carbonyl (C=O) groups excluding carboxylic acids is 1. The molecule has 0 aliphatic carbocycles. The number of hydrogen-bond donors (Lipinski definition) is 2. The van der Waals surface area contributed by atoms with Crippen LogP contribution in [0.4, 0.5) is 0 Å². The van der Waals surface area contributed by atoms with Crippen LogP contribution in [0.5, 0.6) is 5.75 Å². The summed E-state index contributed by atoms with van der Waals surface area (Å²) in [6, 6.07) is 7.51. The molecule has 0 spiro atoms. The molecule has 0 aromatic heterocycles. The first-order chi connectivity index (χ1) is 8.22. The molecule has 17 heavy (non-hydrogen) atoms. The van der Waals surface area contributed by atoms with Crippen molar-refractivity contribution >= 4 is 12.0 Å². The SMILES string of the molecule is CC(=O)NCC=Cc1ccc(OCCO)cc1. The number of ether oxygens (including phenoxy) is 1. The Labute approximate surface area is 101 Å². The molecule has 2 N–H and O–H groups in total. The van der Waals surface area contributed by atoms with E-state index in [1.165, 1.54) is 6.92 Å². The lowest BCUT2D eigenvalue weighted by Crippen LogP contribution is -2.19. The van der Waals surface area contributed by atoms with E-state index in [9.17, 15) is 4.79 Å². The molecule has 1 rings (SSSR count). The Balaban J connectivity index is 2.42. The molecule has 1 aromatic rings. The van der Waals surface area contributed by atoms with Crippen LogP contribution in [0.2, 0.25) is 0 Å². The van der Waals surface area contributed by atoms with Crippen molar-refractivity contribution in [1.82, 2.24) is 5.32 Å². The highest BCUT2D eigenvalue weighted by atomic mass is 16.5. The van der Waals surface area contributed by atoms with Crippen LogP contribution in [0, 0.1) is 0 Å². The standard InChI is InChI=1S/C13H17NO3/c1-11(16)14-8-2-3-12-4-6-13(7-5-12)17-10-9-15/h2-7,15H,8-10H2,1H3,(H,14,16). The predicted octanol–water partition coefficient (Wildman–Crippen LogP) is 1.21. The van der Waals surface area contributed by atoms with E-state index in [1.54, 1.807) is 0 Å². The number of rotatable bonds is 6. The molecule has 0 saturated heterocycles. The van der Waals surface area contributed by atoms with Gasteiger partial charge in [0.15, 0.2) is 0 Å². The number of hydrogen-bond acceptors (Lipinski definition) is 3. The average Bonchev–Trinajstić information content (AvgIpc) is 2.33. The summed E-state index contributed by atoms with van der Waals surface area (Å²) in [5, 5.41) is 11.3. The van der Waals surface area contributed by atoms with E-state index in [-0.39, 0.29) is 12.5 Å². The fraction of sp³-hybridized carbons (Fsp3) is 0.308. The van der Waals surface area contributed by atoms with Gasteiger partial charge in [-0.05, 0) is 17.7 Å². The molecule has 0 aliphatic heterocycles. The van der Waals surface area contributed by atoms with Crippen LogP contribution in [0.25, 0.3) is 6.08 Å². The highest BCUT2D eigenvalue weighted by Crippen LogP contribution is 2.12. The fourth-order valence-electron chi connectivity index (χ4n) is 1.24. The number of aliphatic hydroxyl groups is 1. The monoisotopic (exact) mass is 235 g/mol. The molecule has 92 valence electrons. The molecule has 0 heterocycles. The van der Waals surface area contributed by atoms with Crippen LogP contribution >= 0.6 is 0 Å². The second-order valence-corrected chi connectivity index (χ2v) is 3.48. The third-order valence-corrected chi connectivity index (χ3v) is 2.02. The van der Waals surface area contributed by atoms with Crippen molar-refractivity contribution < 1.29 is 14.6 Å². The van der Waals surface area contributed by atoms with Gasteiger partial charge in [0.25, 0.3) is 0 Å². The first-order valence-corrected chi connectivity index (χ1v) is 5.47. The molecule has 0 radical (unpaired) electrons. The van der Waals surface area contributed by atoms with Gasteiger partial charge >= 0.3 is 0 Å². The molecule has 1 amide bonds. The predicted molar refractivity (Wildman–Crippen MR) is 66.7 cm³/mol. The number of amides is 1. The number of carbonyl (C=O) groups is 1. The molecule has 0 atom stereocenters. The van der Waals surface area contributed by atoms with Crippen molar-refractivity contribution in [2.45, 2.75) is 6.92 Å². The molecule has 1 aromatic carbocycles. The van der Waals surface area contributed by atoms with Gasteiger partial charge in [0.05, 0.1) is 6.61 Å². The van der Waals surface area contributed by atoms with Crippen molar-refractivity contribution in [2.75, 3.05) is 19.8 Å². The lowest BCUT2D eigenvalue weighted by atomic mass is 10.2. The third-order valence-electron chi connectivity index (χ3n) is 2.02. The normalized spacial score (nSPS) is 10.5. The first-order valence-electron chi connectivity index (χ1n) is 5.47. The van der Waals surface area contributed by atoms with Gasteiger partial charge in [0.1, 0.15) is 12.4 Å². The Morgan fingerprint density at radius 2 is 2.12 bits per heavy atom. The largest absolute Gasteiger partial charge is 0.491 e. The molecule has 0 saturated carbocycles. The highest BCUT2D eigenvalue weighted by molar-refractivity contribution is 5.73. The van der Waals surface area contributed by atoms with Crippen molar-refractivity contribution in [1.29, 1.82) is 0 Å². The van der Waals surface area contributed by atoms with E-state index >= 15 is 0 Å². The minimum atomic E-state index is -0.0394. The van der Waals surface area contributed by atoms with Gasteiger partial charge in [-0.25, -0.2) is 0 Å². The number of nitrogens with one attached hydrogen (secondary N) is 1. The Hall–Kier alpha value is -1.81. The van der Waals surface area contributed by atoms with Gasteiger partial charge in [0.2, 0.25) is 5.91 Å². The van der Waals surface area contributed by atoms with E-state index in [0.717, 1.165) is 11.3 Å². The van der Waals surface area contributed by atoms with Crippen LogP contribution in [-0.2, 0) is 4.79 Å². The average molecular weight is 235 g/mol. The molecule has 4 heteroatoms. The summed E-state index contributed by atoms with van der Waals surface area (Å²) in [6.07, 6.45) is 3.80. The lowest BCUT2D eigenvalue weighted by molar-refractivity contribution is -0.118. The minimum Gasteiger partial charge on any atom is -0.491 e. The van der Waals surface area contributed by atoms with E-state index < -0.39 is 0 Å². The van der Waals surface area contributed by atoms with E-state index in [2.05, 4.69) is 5.32 Å². The van der Waals surface area contributed by atoms with Crippen LogP contribution in [0.3, 0.4) is 0 Å². The van der Waals surface area contributed by atoms with Gasteiger partial charge in [-0.1, -0.05) is 24.3 Å². The van der Waals surface area contributed by atoms with Gasteiger partial charge in [-0.15, -0.1) is 0 Å². The van der Waals surface area contributed by atoms with Crippen molar-refractivity contribution in [3.8, 4) is 5.75 Å². The summed E-state index contributed by atoms with van der Waals surface area (Å²) in [6.45, 7) is 2.33. The van der Waals surface area contributed by atoms with Gasteiger partial charge in [-0.3, -0.25) is 4.79 Å². The molecule has 0 fully saturated rings. The Morgan fingerprint density at radius 1 is 1.41 bits per heavy atom. The van der Waals surface area contributed by atoms with E-state index in [4.69, 9.17) is 9.84 Å². The molecule has 0 bridgehead atoms. The fourth-order valence-corrected chi connectivity index (χ4v) is 1.24. The van der Waals surface area contributed by atoms with Crippen LogP contribution < -0.4 is 10.1 Å². The zero-order valence-electron chi connectivity index (χ0n) is 9.85. The summed E-state index contributed by atoms with van der Waals surface area (Å²) >= 11 is 0. The second-order valence-electron chi connectivity index (χ2n) is 3.48. The number of benzene rings is 1. The van der Waals surface area contributed by atoms with Crippen LogP contribution in [0.15, 0.2) is 30.3 Å². The highest BCUT2D eigenvalue weighted by Gasteiger charge is 1.92. The molecule has 4 nitrogen and oxygen atoms in total. The summed E-state index contributed by atoms with van der Waals surface area (Å²) in [5.41, 5.74) is 1.03. The van der Waals surface area contributed by atoms with Crippen molar-refractivity contribution in [3.63, 3.8) is 0 Å². The quantitative estimate of drug-likeness (QED) is 0.779. The molecule has 0 unspecified atom stereocenters. The Kier molecular flexibility index (Phi) is 5.82. The summed E-state index contributed by atoms with van der Waals surface area (Å²) in [7, 11) is 0. The second kappa shape index (κ2) is 7.46. The Morgan fingerprint density at radius 3 is 2.71 bits per heavy atom. The number of aliphatic hydroxyl groups excluding tert-OH is 1. The van der Waals surface area contributed by atoms with Crippen LogP contribution in [-0.4, -0.2) is 30.8 Å². The third kappa shape index (κ3) is 5.73. The lowest BCUT2D eigenvalue weighted by Gasteiger charge is -2.03. The molecule has 0 aliphatic rings. The zero-order valence-corrected chi connectivity index (χ0v) is 9.85. The Bertz CT molecular complexity index is 371.